The molecule has 0 aliphatic carbocycles. The lowest BCUT2D eigenvalue weighted by atomic mass is 10.0. The molecule has 0 unspecified atom stereocenters. The van der Waals surface area contributed by atoms with Crippen molar-refractivity contribution in [3.63, 3.8) is 0 Å². The lowest BCUT2D eigenvalue weighted by Crippen LogP contribution is -2.23. The third kappa shape index (κ3) is 4.20. The molecule has 1 aromatic heterocycles. The van der Waals surface area contributed by atoms with Gasteiger partial charge in [0.05, 0.1) is 22.4 Å². The largest absolute Gasteiger partial charge is 0.348 e. The maximum absolute atomic E-state index is 12.5. The van der Waals surface area contributed by atoms with Gasteiger partial charge in [-0.3, -0.25) is 20.0 Å². The van der Waals surface area contributed by atoms with Gasteiger partial charge in [-0.25, -0.2) is 0 Å². The molecule has 0 atom stereocenters. The van der Waals surface area contributed by atoms with E-state index in [2.05, 4.69) is 41.5 Å². The van der Waals surface area contributed by atoms with Crippen molar-refractivity contribution in [1.29, 1.82) is 0 Å². The summed E-state index contributed by atoms with van der Waals surface area (Å²) in [5, 5.41) is 20.4. The quantitative estimate of drug-likeness (QED) is 0.509. The van der Waals surface area contributed by atoms with E-state index < -0.39 is 4.92 Å². The molecule has 0 saturated carbocycles. The van der Waals surface area contributed by atoms with Crippen molar-refractivity contribution in [3.05, 3.63) is 81.5 Å². The molecular weight excluding hydrogens is 344 g/mol. The molecule has 7 nitrogen and oxygen atoms in total. The maximum atomic E-state index is 12.5. The summed E-state index contributed by atoms with van der Waals surface area (Å²) in [4.78, 5) is 22.9. The van der Waals surface area contributed by atoms with E-state index in [0.29, 0.717) is 29.3 Å². The highest BCUT2D eigenvalue weighted by Gasteiger charge is 2.16. The third-order valence-corrected chi connectivity index (χ3v) is 4.35. The Bertz CT molecular complexity index is 944. The van der Waals surface area contributed by atoms with E-state index in [-0.39, 0.29) is 11.6 Å². The number of nitrogens with zero attached hydrogens (tertiary/aromatic N) is 2. The Kier molecular flexibility index (Phi) is 5.30. The first-order valence-electron chi connectivity index (χ1n) is 8.61. The van der Waals surface area contributed by atoms with Crippen LogP contribution in [0.1, 0.15) is 41.3 Å². The number of nitrogens with one attached hydrogen (secondary N) is 2. The fraction of sp³-hybridized carbons (Fsp3) is 0.200. The van der Waals surface area contributed by atoms with E-state index in [0.717, 1.165) is 5.56 Å². The SMILES string of the molecule is CC(C)c1ccc(CNC(=O)c2cn[nH]c2-c2ccc([N+](=O)[O-])cc2)cc1. The van der Waals surface area contributed by atoms with Crippen LogP contribution in [0.3, 0.4) is 0 Å². The second-order valence-electron chi connectivity index (χ2n) is 6.54. The van der Waals surface area contributed by atoms with Gasteiger partial charge in [0, 0.05) is 24.2 Å². The summed E-state index contributed by atoms with van der Waals surface area (Å²) < 4.78 is 0. The molecule has 0 spiro atoms. The Hall–Kier alpha value is -3.48. The second kappa shape index (κ2) is 7.82. The average Bonchev–Trinajstić information content (AvgIpc) is 3.16. The Balaban J connectivity index is 1.71. The lowest BCUT2D eigenvalue weighted by Gasteiger charge is -2.08. The van der Waals surface area contributed by atoms with Gasteiger partial charge >= 0.3 is 0 Å². The van der Waals surface area contributed by atoms with E-state index in [4.69, 9.17) is 0 Å². The monoisotopic (exact) mass is 364 g/mol. The fourth-order valence-electron chi connectivity index (χ4n) is 2.73. The van der Waals surface area contributed by atoms with Crippen molar-refractivity contribution >= 4 is 11.6 Å². The van der Waals surface area contributed by atoms with Crippen LogP contribution in [-0.4, -0.2) is 21.0 Å². The topological polar surface area (TPSA) is 101 Å². The van der Waals surface area contributed by atoms with E-state index in [1.165, 1.54) is 23.9 Å². The number of benzene rings is 2. The summed E-state index contributed by atoms with van der Waals surface area (Å²) in [6.07, 6.45) is 1.45. The zero-order chi connectivity index (χ0) is 19.4. The molecule has 7 heteroatoms. The van der Waals surface area contributed by atoms with Crippen LogP contribution in [0.5, 0.6) is 0 Å². The number of hydrogen-bond donors (Lipinski definition) is 2. The molecule has 1 amide bonds. The molecule has 0 saturated heterocycles. The average molecular weight is 364 g/mol. The molecule has 1 heterocycles. The van der Waals surface area contributed by atoms with Gasteiger partial charge in [0.15, 0.2) is 0 Å². The maximum Gasteiger partial charge on any atom is 0.269 e. The minimum Gasteiger partial charge on any atom is -0.348 e. The molecular formula is C20H20N4O3. The molecule has 0 aliphatic rings. The zero-order valence-electron chi connectivity index (χ0n) is 15.1. The highest BCUT2D eigenvalue weighted by atomic mass is 16.6. The van der Waals surface area contributed by atoms with Crippen molar-refractivity contribution in [1.82, 2.24) is 15.5 Å². The number of carbonyl (C=O) groups excluding carboxylic acids is 1. The number of nitro benzene ring substituents is 1. The van der Waals surface area contributed by atoms with Gasteiger partial charge in [-0.15, -0.1) is 0 Å². The predicted octanol–water partition coefficient (Wildman–Crippen LogP) is 4.04. The van der Waals surface area contributed by atoms with Crippen molar-refractivity contribution < 1.29 is 9.72 Å². The number of aromatic amines is 1. The molecule has 0 bridgehead atoms. The Morgan fingerprint density at radius 3 is 2.41 bits per heavy atom. The van der Waals surface area contributed by atoms with Gasteiger partial charge in [0.25, 0.3) is 11.6 Å². The highest BCUT2D eigenvalue weighted by molar-refractivity contribution is 5.99. The van der Waals surface area contributed by atoms with Crippen LogP contribution in [0.15, 0.2) is 54.7 Å². The molecule has 2 aromatic carbocycles. The molecule has 2 N–H and O–H groups in total. The third-order valence-electron chi connectivity index (χ3n) is 4.35. The minimum absolute atomic E-state index is 0.00545. The smallest absolute Gasteiger partial charge is 0.269 e. The Labute approximate surface area is 156 Å². The van der Waals surface area contributed by atoms with Gasteiger partial charge in [-0.05, 0) is 29.2 Å². The van der Waals surface area contributed by atoms with E-state index in [1.807, 2.05) is 12.1 Å². The first-order valence-corrected chi connectivity index (χ1v) is 8.61. The van der Waals surface area contributed by atoms with E-state index >= 15 is 0 Å². The van der Waals surface area contributed by atoms with Crippen molar-refractivity contribution in [3.8, 4) is 11.3 Å². The minimum atomic E-state index is -0.463. The summed E-state index contributed by atoms with van der Waals surface area (Å²) >= 11 is 0. The molecule has 0 radical (unpaired) electrons. The number of nitro groups is 1. The number of rotatable bonds is 6. The zero-order valence-corrected chi connectivity index (χ0v) is 15.1. The van der Waals surface area contributed by atoms with Gasteiger partial charge in [0.2, 0.25) is 0 Å². The summed E-state index contributed by atoms with van der Waals surface area (Å²) in [5.41, 5.74) is 3.83. The number of aromatic nitrogens is 2. The number of carbonyl (C=O) groups is 1. The first kappa shape index (κ1) is 18.3. The summed E-state index contributed by atoms with van der Waals surface area (Å²) in [7, 11) is 0. The standard InChI is InChI=1S/C20H20N4O3/c1-13(2)15-5-3-14(4-6-15)11-21-20(25)18-12-22-23-19(18)16-7-9-17(10-8-16)24(26)27/h3-10,12-13H,11H2,1-2H3,(H,21,25)(H,22,23). The van der Waals surface area contributed by atoms with Crippen LogP contribution >= 0.6 is 0 Å². The lowest BCUT2D eigenvalue weighted by molar-refractivity contribution is -0.384. The summed E-state index contributed by atoms with van der Waals surface area (Å²) in [5.74, 6) is 0.203. The van der Waals surface area contributed by atoms with Crippen LogP contribution in [0.25, 0.3) is 11.3 Å². The predicted molar refractivity (Wildman–Crippen MR) is 102 cm³/mol. The van der Waals surface area contributed by atoms with Gasteiger partial charge in [-0.2, -0.15) is 5.10 Å². The normalized spacial score (nSPS) is 10.8. The first-order chi connectivity index (χ1) is 13.0. The van der Waals surface area contributed by atoms with E-state index in [9.17, 15) is 14.9 Å². The fourth-order valence-corrected chi connectivity index (χ4v) is 2.73. The number of hydrogen-bond acceptors (Lipinski definition) is 4. The second-order valence-corrected chi connectivity index (χ2v) is 6.54. The van der Waals surface area contributed by atoms with Crippen molar-refractivity contribution in [2.45, 2.75) is 26.3 Å². The number of H-pyrrole nitrogens is 1. The summed E-state index contributed by atoms with van der Waals surface area (Å²) in [6, 6.07) is 14.1. The molecule has 3 aromatic rings. The molecule has 138 valence electrons. The van der Waals surface area contributed by atoms with Gasteiger partial charge in [-0.1, -0.05) is 38.1 Å². The van der Waals surface area contributed by atoms with Crippen LogP contribution in [0, 0.1) is 10.1 Å². The Morgan fingerprint density at radius 1 is 1.15 bits per heavy atom. The van der Waals surface area contributed by atoms with Crippen molar-refractivity contribution in [2.75, 3.05) is 0 Å². The van der Waals surface area contributed by atoms with Gasteiger partial charge < -0.3 is 5.32 Å². The van der Waals surface area contributed by atoms with Crippen LogP contribution in [-0.2, 0) is 6.54 Å². The summed E-state index contributed by atoms with van der Waals surface area (Å²) in [6.45, 7) is 4.67. The molecule has 0 aliphatic heterocycles. The molecule has 27 heavy (non-hydrogen) atoms. The molecule has 3 rings (SSSR count). The highest BCUT2D eigenvalue weighted by Crippen LogP contribution is 2.23. The van der Waals surface area contributed by atoms with Gasteiger partial charge in [0.1, 0.15) is 0 Å². The van der Waals surface area contributed by atoms with Crippen LogP contribution in [0.2, 0.25) is 0 Å². The van der Waals surface area contributed by atoms with Crippen molar-refractivity contribution in [2.24, 2.45) is 0 Å². The van der Waals surface area contributed by atoms with E-state index in [1.54, 1.807) is 12.1 Å². The Morgan fingerprint density at radius 2 is 1.81 bits per heavy atom. The number of amides is 1. The van der Waals surface area contributed by atoms with Crippen LogP contribution < -0.4 is 5.32 Å². The number of non-ortho nitro benzene ring substituents is 1. The van der Waals surface area contributed by atoms with Crippen LogP contribution in [0.4, 0.5) is 5.69 Å². The molecule has 0 fully saturated rings.